The van der Waals surface area contributed by atoms with E-state index in [4.69, 9.17) is 9.26 Å². The van der Waals surface area contributed by atoms with Crippen molar-refractivity contribution in [2.45, 2.75) is 33.3 Å². The number of hydrogen-bond acceptors (Lipinski definition) is 6. The molecule has 1 aliphatic heterocycles. The Bertz CT molecular complexity index is 795. The summed E-state index contributed by atoms with van der Waals surface area (Å²) in [7, 11) is 0. The first kappa shape index (κ1) is 18.9. The lowest BCUT2D eigenvalue weighted by Crippen LogP contribution is -2.51. The molecule has 144 valence electrons. The van der Waals surface area contributed by atoms with Crippen molar-refractivity contribution >= 4 is 17.6 Å². The lowest BCUT2D eigenvalue weighted by Gasteiger charge is -2.37. The molecule has 0 N–H and O–H groups in total. The second kappa shape index (κ2) is 8.24. The van der Waals surface area contributed by atoms with Crippen LogP contribution in [0.25, 0.3) is 0 Å². The van der Waals surface area contributed by atoms with Crippen molar-refractivity contribution in [2.75, 3.05) is 31.1 Å². The molecule has 0 bridgehead atoms. The van der Waals surface area contributed by atoms with Gasteiger partial charge >= 0.3 is 5.97 Å². The van der Waals surface area contributed by atoms with Crippen LogP contribution in [-0.4, -0.2) is 54.2 Å². The summed E-state index contributed by atoms with van der Waals surface area (Å²) in [6, 6.07) is 10.1. The molecule has 1 aromatic heterocycles. The fraction of sp³-hybridized carbons (Fsp3) is 0.450. The van der Waals surface area contributed by atoms with Crippen LogP contribution >= 0.6 is 0 Å². The number of anilines is 1. The number of hydrogen-bond donors (Lipinski definition) is 0. The molecule has 0 saturated carbocycles. The Kier molecular flexibility index (Phi) is 5.78. The molecule has 1 aromatic carbocycles. The number of para-hydroxylation sites is 1. The zero-order valence-electron chi connectivity index (χ0n) is 16.0. The van der Waals surface area contributed by atoms with E-state index in [1.165, 1.54) is 0 Å². The number of esters is 1. The molecule has 2 heterocycles. The molecular weight excluding hydrogens is 346 g/mol. The van der Waals surface area contributed by atoms with E-state index in [2.05, 4.69) is 22.2 Å². The zero-order chi connectivity index (χ0) is 19.4. The van der Waals surface area contributed by atoms with Crippen molar-refractivity contribution in [1.82, 2.24) is 10.1 Å². The van der Waals surface area contributed by atoms with Gasteiger partial charge in [0.1, 0.15) is 11.3 Å². The fourth-order valence-electron chi connectivity index (χ4n) is 3.27. The summed E-state index contributed by atoms with van der Waals surface area (Å²) in [5.74, 6) is -0.328. The highest BCUT2D eigenvalue weighted by atomic mass is 16.5. The van der Waals surface area contributed by atoms with Gasteiger partial charge in [-0.1, -0.05) is 30.3 Å². The van der Waals surface area contributed by atoms with Gasteiger partial charge in [-0.2, -0.15) is 0 Å². The molecule has 0 spiro atoms. The summed E-state index contributed by atoms with van der Waals surface area (Å²) in [6.07, 6.45) is -0.286. The smallest absolute Gasteiger partial charge is 0.344 e. The molecule has 1 fully saturated rings. The Morgan fingerprint density at radius 2 is 1.85 bits per heavy atom. The molecule has 1 amide bonds. The number of carbonyl (C=O) groups is 2. The molecule has 1 saturated heterocycles. The van der Waals surface area contributed by atoms with E-state index in [1.54, 1.807) is 18.7 Å². The van der Waals surface area contributed by atoms with Crippen LogP contribution in [0.5, 0.6) is 0 Å². The van der Waals surface area contributed by atoms with E-state index in [0.29, 0.717) is 36.5 Å². The van der Waals surface area contributed by atoms with E-state index in [-0.39, 0.29) is 5.91 Å². The fourth-order valence-corrected chi connectivity index (χ4v) is 3.27. The largest absolute Gasteiger partial charge is 0.449 e. The third-order valence-corrected chi connectivity index (χ3v) is 4.82. The molecule has 1 atom stereocenters. The van der Waals surface area contributed by atoms with Gasteiger partial charge in [0.25, 0.3) is 5.91 Å². The Hall–Kier alpha value is -2.83. The molecular formula is C20H25N3O4. The number of rotatable bonds is 5. The van der Waals surface area contributed by atoms with Crippen LogP contribution < -0.4 is 4.90 Å². The molecule has 7 nitrogen and oxygen atoms in total. The van der Waals surface area contributed by atoms with Crippen LogP contribution in [0.15, 0.2) is 34.9 Å². The third kappa shape index (κ3) is 4.13. The Labute approximate surface area is 158 Å². The van der Waals surface area contributed by atoms with Crippen molar-refractivity contribution in [3.63, 3.8) is 0 Å². The number of nitrogens with zero attached hydrogens (tertiary/aromatic N) is 3. The van der Waals surface area contributed by atoms with Gasteiger partial charge in [-0.05, 0) is 32.4 Å². The first-order chi connectivity index (χ1) is 13.0. The minimum absolute atomic E-state index is 0.178. The topological polar surface area (TPSA) is 75.9 Å². The van der Waals surface area contributed by atoms with E-state index in [1.807, 2.05) is 25.1 Å². The van der Waals surface area contributed by atoms with Crippen LogP contribution in [0.1, 0.15) is 35.7 Å². The van der Waals surface area contributed by atoms with Crippen molar-refractivity contribution in [2.24, 2.45) is 0 Å². The predicted octanol–water partition coefficient (Wildman–Crippen LogP) is 2.44. The van der Waals surface area contributed by atoms with E-state index in [9.17, 15) is 9.59 Å². The highest BCUT2D eigenvalue weighted by molar-refractivity contribution is 5.94. The highest BCUT2D eigenvalue weighted by Gasteiger charge is 2.29. The first-order valence-corrected chi connectivity index (χ1v) is 9.26. The minimum Gasteiger partial charge on any atom is -0.449 e. The molecule has 0 unspecified atom stereocenters. The number of carbonyl (C=O) groups excluding carboxylic acids is 2. The van der Waals surface area contributed by atoms with Gasteiger partial charge in [0.05, 0.1) is 5.69 Å². The molecule has 0 radical (unpaired) electrons. The van der Waals surface area contributed by atoms with Crippen molar-refractivity contribution in [1.29, 1.82) is 0 Å². The Balaban J connectivity index is 1.56. The summed E-state index contributed by atoms with van der Waals surface area (Å²) in [4.78, 5) is 29.1. The summed E-state index contributed by atoms with van der Waals surface area (Å²) < 4.78 is 10.5. The summed E-state index contributed by atoms with van der Waals surface area (Å²) in [6.45, 7) is 7.86. The maximum absolute atomic E-state index is 12.7. The van der Waals surface area contributed by atoms with E-state index in [0.717, 1.165) is 18.8 Å². The second-order valence-electron chi connectivity index (χ2n) is 6.61. The SMILES string of the molecule is CCc1noc(C)c1C(=O)O[C@@H](C)C(=O)N1CCN(c2ccccc2)CC1. The normalized spacial score (nSPS) is 15.5. The van der Waals surface area contributed by atoms with Gasteiger partial charge in [0.15, 0.2) is 6.10 Å². The van der Waals surface area contributed by atoms with Gasteiger partial charge in [0, 0.05) is 31.9 Å². The lowest BCUT2D eigenvalue weighted by atomic mass is 10.1. The molecule has 27 heavy (non-hydrogen) atoms. The number of benzene rings is 1. The monoisotopic (exact) mass is 371 g/mol. The number of piperazine rings is 1. The van der Waals surface area contributed by atoms with Crippen LogP contribution in [0, 0.1) is 6.92 Å². The van der Waals surface area contributed by atoms with Gasteiger partial charge in [-0.3, -0.25) is 4.79 Å². The average Bonchev–Trinajstić information content (AvgIpc) is 3.08. The molecule has 0 aliphatic carbocycles. The van der Waals surface area contributed by atoms with Gasteiger partial charge < -0.3 is 19.1 Å². The van der Waals surface area contributed by atoms with E-state index < -0.39 is 12.1 Å². The number of amides is 1. The molecule has 7 heteroatoms. The van der Waals surface area contributed by atoms with Crippen LogP contribution in [-0.2, 0) is 16.0 Å². The molecule has 2 aromatic rings. The quantitative estimate of drug-likeness (QED) is 0.752. The maximum Gasteiger partial charge on any atom is 0.344 e. The lowest BCUT2D eigenvalue weighted by molar-refractivity contribution is -0.140. The predicted molar refractivity (Wildman–Crippen MR) is 101 cm³/mol. The van der Waals surface area contributed by atoms with Crippen LogP contribution in [0.4, 0.5) is 5.69 Å². The number of aromatic nitrogens is 1. The highest BCUT2D eigenvalue weighted by Crippen LogP contribution is 2.18. The van der Waals surface area contributed by atoms with Crippen LogP contribution in [0.2, 0.25) is 0 Å². The van der Waals surface area contributed by atoms with Crippen molar-refractivity contribution in [3.8, 4) is 0 Å². The van der Waals surface area contributed by atoms with Crippen LogP contribution in [0.3, 0.4) is 0 Å². The minimum atomic E-state index is -0.847. The molecule has 3 rings (SSSR count). The standard InChI is InChI=1S/C20H25N3O4/c1-4-17-18(14(2)27-21-17)20(25)26-15(3)19(24)23-12-10-22(11-13-23)16-8-6-5-7-9-16/h5-9,15H,4,10-13H2,1-3H3/t15-/m0/s1. The zero-order valence-corrected chi connectivity index (χ0v) is 16.0. The van der Waals surface area contributed by atoms with E-state index >= 15 is 0 Å². The molecule has 1 aliphatic rings. The Morgan fingerprint density at radius 3 is 2.48 bits per heavy atom. The van der Waals surface area contributed by atoms with Crippen molar-refractivity contribution in [3.05, 3.63) is 47.3 Å². The van der Waals surface area contributed by atoms with Crippen molar-refractivity contribution < 1.29 is 18.8 Å². The van der Waals surface area contributed by atoms with Gasteiger partial charge in [-0.25, -0.2) is 4.79 Å². The second-order valence-corrected chi connectivity index (χ2v) is 6.61. The average molecular weight is 371 g/mol. The summed E-state index contributed by atoms with van der Waals surface area (Å²) in [5, 5.41) is 3.86. The summed E-state index contributed by atoms with van der Waals surface area (Å²) in [5.41, 5.74) is 2.03. The number of aryl methyl sites for hydroxylation is 2. The maximum atomic E-state index is 12.7. The third-order valence-electron chi connectivity index (χ3n) is 4.82. The van der Waals surface area contributed by atoms with Gasteiger partial charge in [-0.15, -0.1) is 0 Å². The first-order valence-electron chi connectivity index (χ1n) is 9.26. The van der Waals surface area contributed by atoms with Gasteiger partial charge in [0.2, 0.25) is 0 Å². The Morgan fingerprint density at radius 1 is 1.19 bits per heavy atom. The number of ether oxygens (including phenoxy) is 1. The summed E-state index contributed by atoms with van der Waals surface area (Å²) >= 11 is 0.